The van der Waals surface area contributed by atoms with Gasteiger partial charge in [0.15, 0.2) is 0 Å². The molecule has 0 radical (unpaired) electrons. The molecule has 7 nitrogen and oxygen atoms in total. The number of carbonyl (C=O) groups excluding carboxylic acids is 2. The van der Waals surface area contributed by atoms with Crippen molar-refractivity contribution in [2.45, 2.75) is 57.5 Å². The second kappa shape index (κ2) is 8.54. The van der Waals surface area contributed by atoms with Crippen LogP contribution in [0.2, 0.25) is 0 Å². The molecule has 0 spiro atoms. The molecule has 2 aliphatic carbocycles. The zero-order valence-electron chi connectivity index (χ0n) is 19.2. The van der Waals surface area contributed by atoms with E-state index >= 15 is 0 Å². The summed E-state index contributed by atoms with van der Waals surface area (Å²) in [5.41, 5.74) is 3.28. The van der Waals surface area contributed by atoms with Crippen molar-refractivity contribution in [3.63, 3.8) is 0 Å². The van der Waals surface area contributed by atoms with E-state index in [1.807, 2.05) is 24.3 Å². The summed E-state index contributed by atoms with van der Waals surface area (Å²) >= 11 is 0. The predicted octanol–water partition coefficient (Wildman–Crippen LogP) is 4.06. The standard InChI is InChI=1S/C26H30N2O5/c1-25(2,3)22(23(30)31)27-21(29)14-26(12-13-26)28-24(32)33-15-20-18-10-6-4-8-16(18)17-9-5-7-11-19(17)20/h4-11,20,22H,12-15H2,1-3H3,(H,27,29)(H,28,32)(H,30,31)/t22-/m1/s1. The highest BCUT2D eigenvalue weighted by Crippen LogP contribution is 2.44. The number of hydrogen-bond donors (Lipinski definition) is 3. The Morgan fingerprint density at radius 1 is 1.03 bits per heavy atom. The third-order valence-electron chi connectivity index (χ3n) is 6.48. The maximum atomic E-state index is 12.6. The first-order valence-electron chi connectivity index (χ1n) is 11.2. The quantitative estimate of drug-likeness (QED) is 0.590. The Morgan fingerprint density at radius 2 is 1.58 bits per heavy atom. The number of alkyl carbamates (subject to hydrolysis) is 1. The van der Waals surface area contributed by atoms with Gasteiger partial charge in [-0.3, -0.25) is 4.79 Å². The van der Waals surface area contributed by atoms with Crippen molar-refractivity contribution in [1.29, 1.82) is 0 Å². The van der Waals surface area contributed by atoms with Gasteiger partial charge in [-0.05, 0) is 40.5 Å². The number of nitrogens with one attached hydrogen (secondary N) is 2. The van der Waals surface area contributed by atoms with E-state index < -0.39 is 35.0 Å². The maximum absolute atomic E-state index is 12.6. The van der Waals surface area contributed by atoms with Gasteiger partial charge in [0.1, 0.15) is 12.6 Å². The fourth-order valence-corrected chi connectivity index (χ4v) is 4.52. The summed E-state index contributed by atoms with van der Waals surface area (Å²) in [6, 6.07) is 15.2. The molecule has 2 aromatic carbocycles. The molecule has 1 fully saturated rings. The lowest BCUT2D eigenvalue weighted by Crippen LogP contribution is -2.51. The van der Waals surface area contributed by atoms with Gasteiger partial charge in [-0.1, -0.05) is 69.3 Å². The second-order valence-electron chi connectivity index (χ2n) is 10.1. The number of rotatable bonds is 7. The highest BCUT2D eigenvalue weighted by atomic mass is 16.5. The maximum Gasteiger partial charge on any atom is 0.407 e. The average Bonchev–Trinajstić information content (AvgIpc) is 3.41. The van der Waals surface area contributed by atoms with Gasteiger partial charge in [0.2, 0.25) is 5.91 Å². The fraction of sp³-hybridized carbons (Fsp3) is 0.423. The molecule has 0 aliphatic heterocycles. The first-order chi connectivity index (χ1) is 15.6. The molecule has 174 valence electrons. The van der Waals surface area contributed by atoms with Gasteiger partial charge in [0, 0.05) is 12.3 Å². The molecule has 1 atom stereocenters. The van der Waals surface area contributed by atoms with E-state index in [1.54, 1.807) is 20.8 Å². The van der Waals surface area contributed by atoms with Crippen molar-refractivity contribution in [3.05, 3.63) is 59.7 Å². The highest BCUT2D eigenvalue weighted by Gasteiger charge is 2.47. The molecule has 2 aliphatic rings. The summed E-state index contributed by atoms with van der Waals surface area (Å²) in [5, 5.41) is 14.9. The molecule has 0 bridgehead atoms. The van der Waals surface area contributed by atoms with Crippen molar-refractivity contribution in [3.8, 4) is 11.1 Å². The second-order valence-corrected chi connectivity index (χ2v) is 10.1. The lowest BCUT2D eigenvalue weighted by Gasteiger charge is -2.28. The van der Waals surface area contributed by atoms with E-state index in [9.17, 15) is 19.5 Å². The summed E-state index contributed by atoms with van der Waals surface area (Å²) in [5.74, 6) is -1.51. The van der Waals surface area contributed by atoms with Crippen molar-refractivity contribution in [2.75, 3.05) is 6.61 Å². The topological polar surface area (TPSA) is 105 Å². The van der Waals surface area contributed by atoms with Crippen LogP contribution >= 0.6 is 0 Å². The molecule has 7 heteroatoms. The van der Waals surface area contributed by atoms with Crippen LogP contribution in [0.15, 0.2) is 48.5 Å². The van der Waals surface area contributed by atoms with Crippen molar-refractivity contribution < 1.29 is 24.2 Å². The van der Waals surface area contributed by atoms with Crippen molar-refractivity contribution in [2.24, 2.45) is 5.41 Å². The minimum Gasteiger partial charge on any atom is -0.480 e. The lowest BCUT2D eigenvalue weighted by atomic mass is 9.86. The third-order valence-corrected chi connectivity index (χ3v) is 6.48. The summed E-state index contributed by atoms with van der Waals surface area (Å²) in [4.78, 5) is 36.6. The first-order valence-corrected chi connectivity index (χ1v) is 11.2. The van der Waals surface area contributed by atoms with E-state index in [1.165, 1.54) is 0 Å². The Bertz CT molecular complexity index is 1040. The first kappa shape index (κ1) is 22.8. The largest absolute Gasteiger partial charge is 0.480 e. The SMILES string of the molecule is CC(C)(C)[C@H](NC(=O)CC1(NC(=O)OCC2c3ccccc3-c3ccccc32)CC1)C(=O)O. The van der Waals surface area contributed by atoms with Gasteiger partial charge in [0.05, 0.1) is 5.54 Å². The average molecular weight is 451 g/mol. The van der Waals surface area contributed by atoms with Gasteiger partial charge in [0.25, 0.3) is 0 Å². The van der Waals surface area contributed by atoms with Crippen LogP contribution in [0.3, 0.4) is 0 Å². The van der Waals surface area contributed by atoms with Crippen LogP contribution in [0.5, 0.6) is 0 Å². The number of carboxylic acid groups (broad SMARTS) is 1. The Labute approximate surface area is 193 Å². The minimum absolute atomic E-state index is 0.0249. The van der Waals surface area contributed by atoms with Crippen LogP contribution in [0.1, 0.15) is 57.1 Å². The molecular formula is C26H30N2O5. The van der Waals surface area contributed by atoms with E-state index in [0.29, 0.717) is 12.8 Å². The highest BCUT2D eigenvalue weighted by molar-refractivity contribution is 5.85. The van der Waals surface area contributed by atoms with Crippen LogP contribution in [0.4, 0.5) is 4.79 Å². The number of hydrogen-bond acceptors (Lipinski definition) is 4. The van der Waals surface area contributed by atoms with Gasteiger partial charge >= 0.3 is 12.1 Å². The van der Waals surface area contributed by atoms with E-state index in [0.717, 1.165) is 22.3 Å². The van der Waals surface area contributed by atoms with Crippen LogP contribution in [-0.2, 0) is 14.3 Å². The molecule has 0 aromatic heterocycles. The molecule has 4 rings (SSSR count). The Kier molecular flexibility index (Phi) is 5.91. The summed E-state index contributed by atoms with van der Waals surface area (Å²) < 4.78 is 5.59. The van der Waals surface area contributed by atoms with Gasteiger partial charge < -0.3 is 20.5 Å². The number of fused-ring (bicyclic) bond motifs is 3. The smallest absolute Gasteiger partial charge is 0.407 e. The zero-order chi connectivity index (χ0) is 23.8. The Hall–Kier alpha value is -3.35. The van der Waals surface area contributed by atoms with E-state index in [2.05, 4.69) is 34.9 Å². The van der Waals surface area contributed by atoms with Crippen molar-refractivity contribution in [1.82, 2.24) is 10.6 Å². The van der Waals surface area contributed by atoms with Crippen LogP contribution in [-0.4, -0.2) is 41.3 Å². The number of benzene rings is 2. The number of aliphatic carboxylic acids is 1. The molecule has 0 heterocycles. The Balaban J connectivity index is 1.35. The van der Waals surface area contributed by atoms with Crippen LogP contribution in [0.25, 0.3) is 11.1 Å². The van der Waals surface area contributed by atoms with Gasteiger partial charge in [-0.25, -0.2) is 9.59 Å². The number of amides is 2. The molecule has 3 N–H and O–H groups in total. The lowest BCUT2D eigenvalue weighted by molar-refractivity contribution is -0.145. The number of carboxylic acids is 1. The number of carbonyl (C=O) groups is 3. The molecule has 2 amide bonds. The van der Waals surface area contributed by atoms with Crippen LogP contribution < -0.4 is 10.6 Å². The molecule has 1 saturated carbocycles. The monoisotopic (exact) mass is 450 g/mol. The number of ether oxygens (including phenoxy) is 1. The predicted molar refractivity (Wildman–Crippen MR) is 124 cm³/mol. The third kappa shape index (κ3) is 4.87. The summed E-state index contributed by atoms with van der Waals surface area (Å²) in [7, 11) is 0. The van der Waals surface area contributed by atoms with Gasteiger partial charge in [-0.15, -0.1) is 0 Å². The van der Waals surface area contributed by atoms with Crippen LogP contribution in [0, 0.1) is 5.41 Å². The zero-order valence-corrected chi connectivity index (χ0v) is 19.2. The van der Waals surface area contributed by atoms with Crippen molar-refractivity contribution >= 4 is 18.0 Å². The molecule has 2 aromatic rings. The van der Waals surface area contributed by atoms with E-state index in [-0.39, 0.29) is 18.9 Å². The fourth-order valence-electron chi connectivity index (χ4n) is 4.52. The summed E-state index contributed by atoms with van der Waals surface area (Å²) in [6.45, 7) is 5.48. The van der Waals surface area contributed by atoms with E-state index in [4.69, 9.17) is 4.74 Å². The normalized spacial score (nSPS) is 16.8. The molecular weight excluding hydrogens is 420 g/mol. The molecule has 33 heavy (non-hydrogen) atoms. The van der Waals surface area contributed by atoms with Gasteiger partial charge in [-0.2, -0.15) is 0 Å². The summed E-state index contributed by atoms with van der Waals surface area (Å²) in [6.07, 6.45) is 0.764. The minimum atomic E-state index is -1.08. The molecule has 0 unspecified atom stereocenters. The Morgan fingerprint density at radius 3 is 2.06 bits per heavy atom. The molecule has 0 saturated heterocycles.